The van der Waals surface area contributed by atoms with Crippen LogP contribution in [0, 0.1) is 0 Å². The van der Waals surface area contributed by atoms with Crippen molar-refractivity contribution in [2.45, 2.75) is 56.1 Å². The van der Waals surface area contributed by atoms with Gasteiger partial charge in [-0.1, -0.05) is 18.0 Å². The van der Waals surface area contributed by atoms with Crippen molar-refractivity contribution in [2.75, 3.05) is 0 Å². The lowest BCUT2D eigenvalue weighted by atomic mass is 9.72. The van der Waals surface area contributed by atoms with Gasteiger partial charge >= 0.3 is 0 Å². The summed E-state index contributed by atoms with van der Waals surface area (Å²) in [6.45, 7) is 0. The van der Waals surface area contributed by atoms with Crippen LogP contribution in [0.5, 0.6) is 0 Å². The van der Waals surface area contributed by atoms with Gasteiger partial charge < -0.3 is 4.52 Å². The van der Waals surface area contributed by atoms with Gasteiger partial charge in [0.1, 0.15) is 5.76 Å². The van der Waals surface area contributed by atoms with Crippen molar-refractivity contribution in [1.29, 1.82) is 0 Å². The molecule has 3 rings (SSSR count). The van der Waals surface area contributed by atoms with Crippen molar-refractivity contribution in [2.24, 2.45) is 0 Å². The predicted molar refractivity (Wildman–Crippen MR) is 62.3 cm³/mol. The minimum absolute atomic E-state index is 0.363. The Bertz CT molecular complexity index is 366. The molecule has 0 atom stereocenters. The second kappa shape index (κ2) is 3.55. The van der Waals surface area contributed by atoms with E-state index in [1.165, 1.54) is 49.8 Å². The number of nitrogens with zero attached hydrogens (tertiary/aromatic N) is 1. The minimum atomic E-state index is 0.363. The number of hydrogen-bond donors (Lipinski definition) is 1. The number of fused-ring (bicyclic) bond motifs is 2. The Morgan fingerprint density at radius 2 is 1.93 bits per heavy atom. The zero-order valence-corrected chi connectivity index (χ0v) is 9.85. The highest BCUT2D eigenvalue weighted by Crippen LogP contribution is 2.49. The second-order valence-corrected chi connectivity index (χ2v) is 5.25. The third-order valence-electron chi connectivity index (χ3n) is 4.14. The number of hydrogen-bond acceptors (Lipinski definition) is 3. The molecule has 1 spiro atoms. The lowest BCUT2D eigenvalue weighted by molar-refractivity contribution is 0.257. The van der Waals surface area contributed by atoms with E-state index in [2.05, 4.69) is 17.8 Å². The highest BCUT2D eigenvalue weighted by Gasteiger charge is 2.43. The summed E-state index contributed by atoms with van der Waals surface area (Å²) in [5.74, 6) is 1.94. The van der Waals surface area contributed by atoms with Gasteiger partial charge in [0.25, 0.3) is 0 Å². The molecule has 15 heavy (non-hydrogen) atoms. The summed E-state index contributed by atoms with van der Waals surface area (Å²) in [5.41, 5.74) is 2.83. The average molecular weight is 223 g/mol. The maximum atomic E-state index is 5.62. The van der Waals surface area contributed by atoms with Crippen LogP contribution in [-0.2, 0) is 17.6 Å². The molecule has 2 aliphatic carbocycles. The van der Waals surface area contributed by atoms with Crippen LogP contribution in [0.25, 0.3) is 0 Å². The molecule has 0 N–H and O–H groups in total. The topological polar surface area (TPSA) is 26.0 Å². The van der Waals surface area contributed by atoms with Gasteiger partial charge in [-0.15, -0.1) is 0 Å². The van der Waals surface area contributed by atoms with Crippen molar-refractivity contribution < 1.29 is 4.52 Å². The molecule has 82 valence electrons. The summed E-state index contributed by atoms with van der Waals surface area (Å²) in [6.07, 6.45) is 9.09. The van der Waals surface area contributed by atoms with E-state index in [9.17, 15) is 0 Å². The summed E-state index contributed by atoms with van der Waals surface area (Å²) in [6, 6.07) is 0. The van der Waals surface area contributed by atoms with Crippen molar-refractivity contribution in [3.8, 4) is 0 Å². The lowest BCUT2D eigenvalue weighted by Gasteiger charge is -2.30. The molecule has 1 aromatic rings. The Balaban J connectivity index is 2.07. The van der Waals surface area contributed by atoms with E-state index in [1.807, 2.05) is 0 Å². The number of aromatic nitrogens is 1. The molecule has 0 radical (unpaired) electrons. The van der Waals surface area contributed by atoms with Crippen LogP contribution in [-0.4, -0.2) is 5.16 Å². The summed E-state index contributed by atoms with van der Waals surface area (Å²) in [5, 5.41) is 4.18. The van der Waals surface area contributed by atoms with Gasteiger partial charge in [-0.3, -0.25) is 0 Å². The summed E-state index contributed by atoms with van der Waals surface area (Å²) in [7, 11) is 0. The molecule has 1 heterocycles. The largest absolute Gasteiger partial charge is 0.360 e. The van der Waals surface area contributed by atoms with Crippen molar-refractivity contribution in [3.05, 3.63) is 17.0 Å². The Morgan fingerprint density at radius 3 is 2.67 bits per heavy atom. The first kappa shape index (κ1) is 9.76. The van der Waals surface area contributed by atoms with Crippen LogP contribution in [0.4, 0.5) is 0 Å². The molecule has 2 nitrogen and oxygen atoms in total. The molecule has 0 bridgehead atoms. The Morgan fingerprint density at radius 1 is 1.20 bits per heavy atom. The molecule has 1 fully saturated rings. The Kier molecular flexibility index (Phi) is 2.31. The standard InChI is InChI=1S/C12H17NOS/c15-8-10-9-4-3-7-12(5-1-2-6-12)11(9)14-13-10/h15H,1-8H2. The highest BCUT2D eigenvalue weighted by atomic mass is 32.1. The van der Waals surface area contributed by atoms with E-state index in [4.69, 9.17) is 4.52 Å². The van der Waals surface area contributed by atoms with Crippen LogP contribution >= 0.6 is 12.6 Å². The van der Waals surface area contributed by atoms with Gasteiger partial charge in [-0.25, -0.2) is 0 Å². The molecule has 0 aliphatic heterocycles. The smallest absolute Gasteiger partial charge is 0.146 e. The van der Waals surface area contributed by atoms with Gasteiger partial charge in [0.2, 0.25) is 0 Å². The Hall–Kier alpha value is -0.440. The average Bonchev–Trinajstić information content (AvgIpc) is 2.86. The summed E-state index contributed by atoms with van der Waals surface area (Å²) >= 11 is 4.32. The van der Waals surface area contributed by atoms with E-state index in [-0.39, 0.29) is 0 Å². The second-order valence-electron chi connectivity index (χ2n) is 4.94. The van der Waals surface area contributed by atoms with Crippen LogP contribution in [0.2, 0.25) is 0 Å². The van der Waals surface area contributed by atoms with E-state index in [0.29, 0.717) is 5.41 Å². The van der Waals surface area contributed by atoms with Crippen molar-refractivity contribution in [1.82, 2.24) is 5.16 Å². The quantitative estimate of drug-likeness (QED) is 0.740. The molecule has 0 aromatic carbocycles. The molecular formula is C12H17NOS. The third-order valence-corrected chi connectivity index (χ3v) is 4.44. The monoisotopic (exact) mass is 223 g/mol. The molecule has 1 aromatic heterocycles. The van der Waals surface area contributed by atoms with E-state index >= 15 is 0 Å². The van der Waals surface area contributed by atoms with Gasteiger partial charge in [-0.2, -0.15) is 12.6 Å². The van der Waals surface area contributed by atoms with E-state index in [1.54, 1.807) is 0 Å². The van der Waals surface area contributed by atoms with Crippen molar-refractivity contribution >= 4 is 12.6 Å². The first-order valence-corrected chi connectivity index (χ1v) is 6.58. The van der Waals surface area contributed by atoms with Gasteiger partial charge in [0.15, 0.2) is 0 Å². The fourth-order valence-electron chi connectivity index (χ4n) is 3.39. The zero-order valence-electron chi connectivity index (χ0n) is 8.96. The fourth-order valence-corrected chi connectivity index (χ4v) is 3.64. The zero-order chi connectivity index (χ0) is 10.3. The van der Waals surface area contributed by atoms with Crippen molar-refractivity contribution in [3.63, 3.8) is 0 Å². The summed E-state index contributed by atoms with van der Waals surface area (Å²) < 4.78 is 5.62. The van der Waals surface area contributed by atoms with Gasteiger partial charge in [0.05, 0.1) is 5.69 Å². The van der Waals surface area contributed by atoms with Crippen LogP contribution in [0.15, 0.2) is 4.52 Å². The van der Waals surface area contributed by atoms with Gasteiger partial charge in [-0.05, 0) is 32.1 Å². The Labute approximate surface area is 95.8 Å². The maximum absolute atomic E-state index is 5.62. The number of rotatable bonds is 1. The molecule has 0 unspecified atom stereocenters. The van der Waals surface area contributed by atoms with Gasteiger partial charge in [0, 0.05) is 16.7 Å². The molecule has 0 saturated heterocycles. The first-order valence-electron chi connectivity index (χ1n) is 5.94. The predicted octanol–water partition coefficient (Wildman–Crippen LogP) is 3.25. The highest BCUT2D eigenvalue weighted by molar-refractivity contribution is 7.79. The molecule has 2 aliphatic rings. The molecule has 3 heteroatoms. The third kappa shape index (κ3) is 1.36. The van der Waals surface area contributed by atoms with Crippen LogP contribution in [0.1, 0.15) is 55.5 Å². The fraction of sp³-hybridized carbons (Fsp3) is 0.750. The molecule has 1 saturated carbocycles. The molecule has 0 amide bonds. The van der Waals surface area contributed by atoms with E-state index in [0.717, 1.165) is 17.9 Å². The van der Waals surface area contributed by atoms with Crippen LogP contribution in [0.3, 0.4) is 0 Å². The first-order chi connectivity index (χ1) is 7.36. The molecular weight excluding hydrogens is 206 g/mol. The minimum Gasteiger partial charge on any atom is -0.360 e. The normalized spacial score (nSPS) is 23.3. The summed E-state index contributed by atoms with van der Waals surface area (Å²) in [4.78, 5) is 0. The SMILES string of the molecule is SCc1noc2c1CCCC21CCCC1. The maximum Gasteiger partial charge on any atom is 0.146 e. The lowest BCUT2D eigenvalue weighted by Crippen LogP contribution is -2.26. The van der Waals surface area contributed by atoms with E-state index < -0.39 is 0 Å². The number of thiol groups is 1. The van der Waals surface area contributed by atoms with Crippen LogP contribution < -0.4 is 0 Å².